The number of carbonyl (C=O) groups is 1. The van der Waals surface area contributed by atoms with Crippen molar-refractivity contribution in [2.75, 3.05) is 7.11 Å². The Morgan fingerprint density at radius 3 is 2.28 bits per heavy atom. The molecule has 0 amide bonds. The molecule has 0 spiro atoms. The molecule has 1 heterocycles. The van der Waals surface area contributed by atoms with E-state index in [1.54, 1.807) is 7.11 Å². The highest BCUT2D eigenvalue weighted by Gasteiger charge is 2.12. The molecule has 2 aromatic rings. The van der Waals surface area contributed by atoms with E-state index < -0.39 is 0 Å². The quantitative estimate of drug-likeness (QED) is 0.793. The fourth-order valence-electron chi connectivity index (χ4n) is 2.04. The summed E-state index contributed by atoms with van der Waals surface area (Å²) in [6, 6.07) is 4.08. The molecule has 0 aliphatic rings. The predicted molar refractivity (Wildman–Crippen MR) is 73.7 cm³/mol. The minimum absolute atomic E-state index is 0.691. The first kappa shape index (κ1) is 12.8. The van der Waals surface area contributed by atoms with Crippen LogP contribution in [0.1, 0.15) is 26.5 Å². The van der Waals surface area contributed by atoms with Crippen LogP contribution in [0.4, 0.5) is 0 Å². The van der Waals surface area contributed by atoms with Crippen LogP contribution < -0.4 is 4.74 Å². The van der Waals surface area contributed by atoms with Crippen molar-refractivity contribution >= 4 is 17.6 Å². The first-order chi connectivity index (χ1) is 8.56. The largest absolute Gasteiger partial charge is 0.496 e. The summed E-state index contributed by atoms with van der Waals surface area (Å²) in [4.78, 5) is 16.0. The lowest BCUT2D eigenvalue weighted by atomic mass is 10.1. The van der Waals surface area contributed by atoms with Gasteiger partial charge in [0.1, 0.15) is 10.8 Å². The molecule has 18 heavy (non-hydrogen) atoms. The summed E-state index contributed by atoms with van der Waals surface area (Å²) in [6.45, 7) is 5.87. The van der Waals surface area contributed by atoms with E-state index in [0.29, 0.717) is 4.88 Å². The third kappa shape index (κ3) is 2.16. The van der Waals surface area contributed by atoms with Crippen LogP contribution >= 0.6 is 11.3 Å². The van der Waals surface area contributed by atoms with Gasteiger partial charge in [-0.25, -0.2) is 4.98 Å². The second-order valence-electron chi connectivity index (χ2n) is 4.23. The second-order valence-corrected chi connectivity index (χ2v) is 5.26. The number of benzene rings is 1. The van der Waals surface area contributed by atoms with Crippen molar-refractivity contribution in [3.05, 3.63) is 33.8 Å². The number of aryl methyl sites for hydroxylation is 3. The SMILES string of the molecule is COc1c(C)cc(-c2nc(C)c(C=O)s2)cc1C. The van der Waals surface area contributed by atoms with E-state index in [9.17, 15) is 4.79 Å². The van der Waals surface area contributed by atoms with Gasteiger partial charge >= 0.3 is 0 Å². The van der Waals surface area contributed by atoms with Crippen LogP contribution in [0.5, 0.6) is 5.75 Å². The smallest absolute Gasteiger partial charge is 0.161 e. The first-order valence-electron chi connectivity index (χ1n) is 5.65. The maximum atomic E-state index is 10.9. The van der Waals surface area contributed by atoms with Gasteiger partial charge in [-0.15, -0.1) is 11.3 Å². The highest BCUT2D eigenvalue weighted by molar-refractivity contribution is 7.16. The zero-order valence-corrected chi connectivity index (χ0v) is 11.7. The molecule has 0 aliphatic heterocycles. The van der Waals surface area contributed by atoms with Crippen LogP contribution in [0.25, 0.3) is 10.6 Å². The summed E-state index contributed by atoms with van der Waals surface area (Å²) in [5.41, 5.74) is 3.98. The highest BCUT2D eigenvalue weighted by Crippen LogP contribution is 2.32. The molecule has 0 bridgehead atoms. The van der Waals surface area contributed by atoms with Crippen molar-refractivity contribution in [2.24, 2.45) is 0 Å². The van der Waals surface area contributed by atoms with E-state index in [1.165, 1.54) is 11.3 Å². The summed E-state index contributed by atoms with van der Waals surface area (Å²) in [5, 5.41) is 0.878. The summed E-state index contributed by atoms with van der Waals surface area (Å²) in [6.07, 6.45) is 0.861. The van der Waals surface area contributed by atoms with Gasteiger partial charge in [-0.05, 0) is 44.0 Å². The van der Waals surface area contributed by atoms with Gasteiger partial charge in [-0.3, -0.25) is 4.79 Å². The summed E-state index contributed by atoms with van der Waals surface area (Å²) >= 11 is 1.42. The van der Waals surface area contributed by atoms with Crippen molar-refractivity contribution in [2.45, 2.75) is 20.8 Å². The molecule has 0 atom stereocenters. The molecule has 0 aliphatic carbocycles. The molecule has 94 valence electrons. The van der Waals surface area contributed by atoms with E-state index in [4.69, 9.17) is 4.74 Å². The van der Waals surface area contributed by atoms with Crippen molar-refractivity contribution in [3.63, 3.8) is 0 Å². The normalized spacial score (nSPS) is 10.4. The van der Waals surface area contributed by atoms with Gasteiger partial charge in [-0.2, -0.15) is 0 Å². The Bertz CT molecular complexity index is 579. The molecule has 0 N–H and O–H groups in total. The average Bonchev–Trinajstić information content (AvgIpc) is 2.70. The van der Waals surface area contributed by atoms with Gasteiger partial charge < -0.3 is 4.74 Å². The Morgan fingerprint density at radius 2 is 1.83 bits per heavy atom. The highest BCUT2D eigenvalue weighted by atomic mass is 32.1. The number of hydrogen-bond acceptors (Lipinski definition) is 4. The molecule has 0 fully saturated rings. The zero-order valence-electron chi connectivity index (χ0n) is 10.9. The fraction of sp³-hybridized carbons (Fsp3) is 0.286. The summed E-state index contributed by atoms with van der Waals surface area (Å²) in [5.74, 6) is 0.905. The van der Waals surface area contributed by atoms with Gasteiger partial charge in [0.2, 0.25) is 0 Å². The Kier molecular flexibility index (Phi) is 3.48. The van der Waals surface area contributed by atoms with Gasteiger partial charge in [0.25, 0.3) is 0 Å². The zero-order chi connectivity index (χ0) is 13.3. The van der Waals surface area contributed by atoms with Crippen molar-refractivity contribution in [1.82, 2.24) is 4.98 Å². The number of carbonyl (C=O) groups excluding carboxylic acids is 1. The topological polar surface area (TPSA) is 39.2 Å². The molecular weight excluding hydrogens is 246 g/mol. The Labute approximate surface area is 110 Å². The van der Waals surface area contributed by atoms with E-state index in [2.05, 4.69) is 4.98 Å². The average molecular weight is 261 g/mol. The van der Waals surface area contributed by atoms with E-state index in [1.807, 2.05) is 32.9 Å². The predicted octanol–water partition coefficient (Wildman–Crippen LogP) is 3.56. The molecule has 0 unspecified atom stereocenters. The lowest BCUT2D eigenvalue weighted by Gasteiger charge is -2.09. The molecule has 2 rings (SSSR count). The maximum absolute atomic E-state index is 10.9. The molecule has 1 aromatic carbocycles. The fourth-order valence-corrected chi connectivity index (χ4v) is 2.90. The minimum Gasteiger partial charge on any atom is -0.496 e. The Hall–Kier alpha value is -1.68. The summed E-state index contributed by atoms with van der Waals surface area (Å²) in [7, 11) is 1.67. The van der Waals surface area contributed by atoms with Gasteiger partial charge in [0.15, 0.2) is 6.29 Å². The van der Waals surface area contributed by atoms with Crippen LogP contribution in [-0.4, -0.2) is 18.4 Å². The lowest BCUT2D eigenvalue weighted by Crippen LogP contribution is -1.92. The molecule has 0 saturated carbocycles. The molecular formula is C14H15NO2S. The Balaban J connectivity index is 2.54. The van der Waals surface area contributed by atoms with Crippen molar-refractivity contribution in [3.8, 4) is 16.3 Å². The van der Waals surface area contributed by atoms with Gasteiger partial charge in [-0.1, -0.05) is 0 Å². The molecule has 4 heteroatoms. The number of hydrogen-bond donors (Lipinski definition) is 0. The molecule has 0 radical (unpaired) electrons. The van der Waals surface area contributed by atoms with Crippen molar-refractivity contribution < 1.29 is 9.53 Å². The van der Waals surface area contributed by atoms with Crippen molar-refractivity contribution in [1.29, 1.82) is 0 Å². The van der Waals surface area contributed by atoms with Crippen LogP contribution in [0.3, 0.4) is 0 Å². The Morgan fingerprint density at radius 1 is 1.22 bits per heavy atom. The number of rotatable bonds is 3. The number of aromatic nitrogens is 1. The molecule has 3 nitrogen and oxygen atoms in total. The maximum Gasteiger partial charge on any atom is 0.161 e. The number of nitrogens with zero attached hydrogens (tertiary/aromatic N) is 1. The minimum atomic E-state index is 0.691. The van der Waals surface area contributed by atoms with E-state index in [-0.39, 0.29) is 0 Å². The van der Waals surface area contributed by atoms with E-state index >= 15 is 0 Å². The third-order valence-corrected chi connectivity index (χ3v) is 3.98. The van der Waals surface area contributed by atoms with E-state index in [0.717, 1.165) is 39.4 Å². The standard InChI is InChI=1S/C14H15NO2S/c1-8-5-11(6-9(2)13(8)17-4)14-15-10(3)12(7-16)18-14/h5-7H,1-4H3. The van der Waals surface area contributed by atoms with Crippen LogP contribution in [-0.2, 0) is 0 Å². The number of thiazole rings is 1. The number of methoxy groups -OCH3 is 1. The molecule has 0 saturated heterocycles. The van der Waals surface area contributed by atoms with Crippen LogP contribution in [0, 0.1) is 20.8 Å². The second kappa shape index (κ2) is 4.90. The molecule has 1 aromatic heterocycles. The summed E-state index contributed by atoms with van der Waals surface area (Å²) < 4.78 is 5.34. The number of ether oxygens (including phenoxy) is 1. The number of aldehydes is 1. The third-order valence-electron chi connectivity index (χ3n) is 2.85. The van der Waals surface area contributed by atoms with Crippen LogP contribution in [0.2, 0.25) is 0 Å². The van der Waals surface area contributed by atoms with Gasteiger partial charge in [0, 0.05) is 5.56 Å². The van der Waals surface area contributed by atoms with Gasteiger partial charge in [0.05, 0.1) is 17.7 Å². The monoisotopic (exact) mass is 261 g/mol. The lowest BCUT2D eigenvalue weighted by molar-refractivity contribution is 0.112. The van der Waals surface area contributed by atoms with Crippen LogP contribution in [0.15, 0.2) is 12.1 Å². The first-order valence-corrected chi connectivity index (χ1v) is 6.46.